The molecule has 6 heteroatoms. The van der Waals surface area contributed by atoms with E-state index in [9.17, 15) is 14.0 Å². The lowest BCUT2D eigenvalue weighted by molar-refractivity contribution is -0.117. The normalized spacial score (nSPS) is 14.4. The van der Waals surface area contributed by atoms with Crippen LogP contribution in [0.3, 0.4) is 0 Å². The van der Waals surface area contributed by atoms with Crippen molar-refractivity contribution in [1.82, 2.24) is 0 Å². The Morgan fingerprint density at radius 1 is 0.900 bits per heavy atom. The molecule has 0 saturated carbocycles. The van der Waals surface area contributed by atoms with Crippen molar-refractivity contribution in [2.24, 2.45) is 0 Å². The lowest BCUT2D eigenvalue weighted by Gasteiger charge is -2.21. The molecule has 2 amide bonds. The third-order valence-electron chi connectivity index (χ3n) is 5.07. The molecule has 1 aliphatic rings. The van der Waals surface area contributed by atoms with Crippen molar-refractivity contribution in [3.8, 4) is 0 Å². The Bertz CT molecular complexity index is 1020. The summed E-state index contributed by atoms with van der Waals surface area (Å²) in [4.78, 5) is 26.7. The lowest BCUT2D eigenvalue weighted by atomic mass is 10.1. The highest BCUT2D eigenvalue weighted by atomic mass is 19.1. The van der Waals surface area contributed by atoms with E-state index in [1.54, 1.807) is 4.90 Å². The standard InChI is InChI=1S/C24H22FN3O2/c25-18-8-10-20(11-9-18)27-24(30)23(17-5-2-1-3-6-17)26-19-12-14-21(15-13-19)28-16-4-7-22(28)29/h1-3,5-6,8-15,23,26H,4,7,16H2,(H,27,30)/t23-/m1/s1. The molecule has 3 aromatic rings. The number of carbonyl (C=O) groups excluding carboxylic acids is 2. The van der Waals surface area contributed by atoms with E-state index in [-0.39, 0.29) is 17.6 Å². The van der Waals surface area contributed by atoms with Crippen LogP contribution < -0.4 is 15.5 Å². The third kappa shape index (κ3) is 4.49. The largest absolute Gasteiger partial charge is 0.370 e. The number of hydrogen-bond acceptors (Lipinski definition) is 3. The molecular weight excluding hydrogens is 381 g/mol. The Labute approximate surface area is 174 Å². The number of carbonyl (C=O) groups is 2. The number of halogens is 1. The summed E-state index contributed by atoms with van der Waals surface area (Å²) in [5.74, 6) is -0.481. The second-order valence-corrected chi connectivity index (χ2v) is 7.18. The van der Waals surface area contributed by atoms with E-state index in [0.29, 0.717) is 12.1 Å². The van der Waals surface area contributed by atoms with E-state index in [0.717, 1.165) is 29.9 Å². The summed E-state index contributed by atoms with van der Waals surface area (Å²) >= 11 is 0. The molecule has 1 saturated heterocycles. The minimum atomic E-state index is -0.643. The second kappa shape index (κ2) is 8.78. The number of anilines is 3. The summed E-state index contributed by atoms with van der Waals surface area (Å²) in [5, 5.41) is 6.10. The molecule has 3 aromatic carbocycles. The number of hydrogen-bond donors (Lipinski definition) is 2. The number of nitrogens with zero attached hydrogens (tertiary/aromatic N) is 1. The summed E-state index contributed by atoms with van der Waals surface area (Å²) in [7, 11) is 0. The van der Waals surface area contributed by atoms with Crippen molar-refractivity contribution in [3.63, 3.8) is 0 Å². The summed E-state index contributed by atoms with van der Waals surface area (Å²) in [6, 6.07) is 21.9. The van der Waals surface area contributed by atoms with Gasteiger partial charge in [-0.2, -0.15) is 0 Å². The van der Waals surface area contributed by atoms with E-state index in [2.05, 4.69) is 10.6 Å². The molecule has 0 aliphatic carbocycles. The van der Waals surface area contributed by atoms with Crippen molar-refractivity contribution in [3.05, 3.63) is 90.2 Å². The molecule has 0 radical (unpaired) electrons. The topological polar surface area (TPSA) is 61.4 Å². The summed E-state index contributed by atoms with van der Waals surface area (Å²) in [5.41, 5.74) is 2.94. The van der Waals surface area contributed by atoms with E-state index in [4.69, 9.17) is 0 Å². The molecule has 4 rings (SSSR count). The van der Waals surface area contributed by atoms with Gasteiger partial charge in [0.15, 0.2) is 0 Å². The first-order valence-corrected chi connectivity index (χ1v) is 9.88. The fourth-order valence-electron chi connectivity index (χ4n) is 3.52. The highest BCUT2D eigenvalue weighted by Gasteiger charge is 2.23. The average molecular weight is 403 g/mol. The SMILES string of the molecule is O=C(Nc1ccc(F)cc1)[C@H](Nc1ccc(N2CCCC2=O)cc1)c1ccccc1. The fourth-order valence-corrected chi connectivity index (χ4v) is 3.52. The zero-order valence-electron chi connectivity index (χ0n) is 16.3. The van der Waals surface area contributed by atoms with Gasteiger partial charge >= 0.3 is 0 Å². The van der Waals surface area contributed by atoms with Gasteiger partial charge in [0.2, 0.25) is 5.91 Å². The van der Waals surface area contributed by atoms with Crippen LogP contribution in [0.2, 0.25) is 0 Å². The third-order valence-corrected chi connectivity index (χ3v) is 5.07. The molecule has 0 spiro atoms. The van der Waals surface area contributed by atoms with Gasteiger partial charge in [0.05, 0.1) is 0 Å². The average Bonchev–Trinajstić information content (AvgIpc) is 3.20. The van der Waals surface area contributed by atoms with Gasteiger partial charge in [-0.1, -0.05) is 30.3 Å². The Morgan fingerprint density at radius 3 is 2.20 bits per heavy atom. The molecule has 152 valence electrons. The van der Waals surface area contributed by atoms with Gasteiger partial charge in [-0.25, -0.2) is 4.39 Å². The van der Waals surface area contributed by atoms with Gasteiger partial charge in [-0.05, 0) is 60.5 Å². The van der Waals surface area contributed by atoms with E-state index >= 15 is 0 Å². The summed E-state index contributed by atoms with van der Waals surface area (Å²) in [6.07, 6.45) is 1.46. The molecule has 1 aliphatic heterocycles. The quantitative estimate of drug-likeness (QED) is 0.625. The van der Waals surface area contributed by atoms with Gasteiger partial charge in [0.1, 0.15) is 11.9 Å². The monoisotopic (exact) mass is 403 g/mol. The predicted octanol–water partition coefficient (Wildman–Crippen LogP) is 4.74. The van der Waals surface area contributed by atoms with Crippen LogP contribution in [0.25, 0.3) is 0 Å². The van der Waals surface area contributed by atoms with E-state index < -0.39 is 6.04 Å². The van der Waals surface area contributed by atoms with Gasteiger partial charge in [0.25, 0.3) is 5.91 Å². The Balaban J connectivity index is 1.53. The first kappa shape index (κ1) is 19.6. The number of benzene rings is 3. The van der Waals surface area contributed by atoms with Gasteiger partial charge < -0.3 is 15.5 Å². The summed E-state index contributed by atoms with van der Waals surface area (Å²) < 4.78 is 13.2. The molecule has 1 fully saturated rings. The molecule has 2 N–H and O–H groups in total. The van der Waals surface area contributed by atoms with Crippen LogP contribution in [-0.2, 0) is 9.59 Å². The Kier molecular flexibility index (Phi) is 5.75. The first-order chi connectivity index (χ1) is 14.6. The van der Waals surface area contributed by atoms with Gasteiger partial charge in [-0.15, -0.1) is 0 Å². The van der Waals surface area contributed by atoms with Crippen LogP contribution in [-0.4, -0.2) is 18.4 Å². The second-order valence-electron chi connectivity index (χ2n) is 7.18. The predicted molar refractivity (Wildman–Crippen MR) is 116 cm³/mol. The van der Waals surface area contributed by atoms with Crippen LogP contribution in [0.1, 0.15) is 24.4 Å². The van der Waals surface area contributed by atoms with Crippen LogP contribution in [0, 0.1) is 5.82 Å². The van der Waals surface area contributed by atoms with E-state index in [1.165, 1.54) is 24.3 Å². The molecule has 5 nitrogen and oxygen atoms in total. The van der Waals surface area contributed by atoms with Crippen molar-refractivity contribution in [2.75, 3.05) is 22.1 Å². The highest BCUT2D eigenvalue weighted by Crippen LogP contribution is 2.26. The maximum atomic E-state index is 13.2. The highest BCUT2D eigenvalue weighted by molar-refractivity contribution is 5.97. The van der Waals surface area contributed by atoms with Crippen molar-refractivity contribution in [1.29, 1.82) is 0 Å². The number of nitrogens with one attached hydrogen (secondary N) is 2. The van der Waals surface area contributed by atoms with Gasteiger partial charge in [0, 0.05) is 30.0 Å². The molecule has 30 heavy (non-hydrogen) atoms. The smallest absolute Gasteiger partial charge is 0.251 e. The number of rotatable bonds is 6. The molecule has 1 atom stereocenters. The molecule has 0 aromatic heterocycles. The maximum absolute atomic E-state index is 13.2. The van der Waals surface area contributed by atoms with Crippen molar-refractivity contribution >= 4 is 28.9 Å². The van der Waals surface area contributed by atoms with Crippen LogP contribution in [0.15, 0.2) is 78.9 Å². The Morgan fingerprint density at radius 2 is 1.57 bits per heavy atom. The summed E-state index contributed by atoms with van der Waals surface area (Å²) in [6.45, 7) is 0.734. The fraction of sp³-hybridized carbons (Fsp3) is 0.167. The minimum Gasteiger partial charge on any atom is -0.370 e. The molecule has 0 unspecified atom stereocenters. The van der Waals surface area contributed by atoms with Crippen LogP contribution >= 0.6 is 0 Å². The van der Waals surface area contributed by atoms with E-state index in [1.807, 2.05) is 54.6 Å². The Hall–Kier alpha value is -3.67. The van der Waals surface area contributed by atoms with Crippen LogP contribution in [0.4, 0.5) is 21.5 Å². The number of amides is 2. The lowest BCUT2D eigenvalue weighted by Crippen LogP contribution is -2.27. The van der Waals surface area contributed by atoms with Crippen LogP contribution in [0.5, 0.6) is 0 Å². The first-order valence-electron chi connectivity index (χ1n) is 9.88. The zero-order chi connectivity index (χ0) is 20.9. The van der Waals surface area contributed by atoms with Gasteiger partial charge in [-0.3, -0.25) is 9.59 Å². The maximum Gasteiger partial charge on any atom is 0.251 e. The molecular formula is C24H22FN3O2. The van der Waals surface area contributed by atoms with Crippen molar-refractivity contribution in [2.45, 2.75) is 18.9 Å². The molecule has 1 heterocycles. The zero-order valence-corrected chi connectivity index (χ0v) is 16.3. The minimum absolute atomic E-state index is 0.136. The molecule has 0 bridgehead atoms. The van der Waals surface area contributed by atoms with Crippen molar-refractivity contribution < 1.29 is 14.0 Å².